The standard InChI is InChI=1S/C25H25N7O7S2/c26-14-4-9-31(10-5-14)8-1-3-13-11-40-21-17(20(34)32(21)18(13)22(35)36)29-19(33)16(15-12-41-24(27)28-15)30-39-25(23(37)38)6-2-7-25/h1,3-5,9-10,12,17,21,26H,2,6-8,11H2,(H5,27,28,29,33,35,36,37,38)/b3-1?,30-16-/t17?,21-/m1/s1. The monoisotopic (exact) mass is 599 g/mol. The Bertz CT molecular complexity index is 1500. The van der Waals surface area contributed by atoms with E-state index in [4.69, 9.17) is 16.3 Å². The van der Waals surface area contributed by atoms with Crippen LogP contribution in [0.1, 0.15) is 25.0 Å². The third kappa shape index (κ3) is 5.47. The van der Waals surface area contributed by atoms with E-state index < -0.39 is 40.8 Å². The number of fused-ring (bicyclic) bond motifs is 1. The predicted molar refractivity (Wildman–Crippen MR) is 146 cm³/mol. The van der Waals surface area contributed by atoms with E-state index >= 15 is 0 Å². The van der Waals surface area contributed by atoms with Crippen molar-refractivity contribution in [1.29, 1.82) is 0 Å². The Kier molecular flexibility index (Phi) is 7.68. The Morgan fingerprint density at radius 3 is 2.63 bits per heavy atom. The molecule has 2 aliphatic heterocycles. The molecular formula is C25H25N7O7S2. The third-order valence-corrected chi connectivity index (χ3v) is 8.85. The van der Waals surface area contributed by atoms with Crippen molar-refractivity contribution in [3.63, 3.8) is 0 Å². The molecule has 1 saturated heterocycles. The number of rotatable bonds is 10. The van der Waals surface area contributed by atoms with E-state index in [-0.39, 0.29) is 40.8 Å². The number of aliphatic carboxylic acids is 2. The van der Waals surface area contributed by atoms with Crippen molar-refractivity contribution in [3.8, 4) is 0 Å². The van der Waals surface area contributed by atoms with Gasteiger partial charge >= 0.3 is 5.97 Å². The first-order valence-electron chi connectivity index (χ1n) is 12.4. The number of anilines is 2. The number of carboxylic acid groups (broad SMARTS) is 2. The lowest BCUT2D eigenvalue weighted by Crippen LogP contribution is -2.71. The van der Waals surface area contributed by atoms with Gasteiger partial charge in [-0.15, -0.1) is 23.1 Å². The highest BCUT2D eigenvalue weighted by Gasteiger charge is 2.53. The molecule has 1 unspecified atom stereocenters. The number of allylic oxidation sites excluding steroid dienone is 2. The lowest BCUT2D eigenvalue weighted by molar-refractivity contribution is -0.686. The normalized spacial score (nSPS) is 21.6. The minimum atomic E-state index is -1.54. The van der Waals surface area contributed by atoms with Gasteiger partial charge in [-0.3, -0.25) is 14.5 Å². The highest BCUT2D eigenvalue weighted by Crippen LogP contribution is 2.40. The molecule has 0 aromatic carbocycles. The number of thiazole rings is 1. The van der Waals surface area contributed by atoms with Gasteiger partial charge in [-0.1, -0.05) is 11.2 Å². The quantitative estimate of drug-likeness (QED) is 0.112. The molecule has 2 amide bonds. The average Bonchev–Trinajstić information content (AvgIpc) is 3.34. The minimum Gasteiger partial charge on any atom is -0.543 e. The molecule has 2 aromatic rings. The number of nitrogens with two attached hydrogens (primary N) is 2. The first-order valence-corrected chi connectivity index (χ1v) is 14.3. The van der Waals surface area contributed by atoms with E-state index in [1.54, 1.807) is 36.7 Å². The zero-order valence-electron chi connectivity index (χ0n) is 21.4. The summed E-state index contributed by atoms with van der Waals surface area (Å²) < 4.78 is 1.84. The van der Waals surface area contributed by atoms with E-state index in [1.165, 1.54) is 17.1 Å². The number of aromatic nitrogens is 2. The summed E-state index contributed by atoms with van der Waals surface area (Å²) in [6.07, 6.45) is 8.02. The smallest absolute Gasteiger partial charge is 0.350 e. The Morgan fingerprint density at radius 2 is 2.05 bits per heavy atom. The van der Waals surface area contributed by atoms with Gasteiger partial charge < -0.3 is 36.6 Å². The number of hydrogen-bond donors (Lipinski definition) is 4. The molecule has 1 aliphatic carbocycles. The molecule has 0 bridgehead atoms. The lowest BCUT2D eigenvalue weighted by atomic mass is 9.80. The summed E-state index contributed by atoms with van der Waals surface area (Å²) in [5.41, 5.74) is 10.3. The fourth-order valence-corrected chi connectivity index (χ4v) is 6.32. The van der Waals surface area contributed by atoms with Gasteiger partial charge in [-0.05, 0) is 18.1 Å². The van der Waals surface area contributed by atoms with Crippen LogP contribution in [0.3, 0.4) is 0 Å². The number of carbonyl (C=O) groups is 4. The second-order valence-electron chi connectivity index (χ2n) is 9.51. The molecule has 6 N–H and O–H groups in total. The van der Waals surface area contributed by atoms with Gasteiger partial charge in [0.25, 0.3) is 11.8 Å². The van der Waals surface area contributed by atoms with Crippen molar-refractivity contribution in [2.45, 2.75) is 42.8 Å². The summed E-state index contributed by atoms with van der Waals surface area (Å²) in [5, 5.41) is 28.9. The van der Waals surface area contributed by atoms with Crippen LogP contribution in [-0.4, -0.2) is 67.2 Å². The second-order valence-corrected chi connectivity index (χ2v) is 11.5. The van der Waals surface area contributed by atoms with E-state index in [1.807, 2.05) is 4.57 Å². The molecule has 2 atom stereocenters. The lowest BCUT2D eigenvalue weighted by Gasteiger charge is -2.50. The zero-order valence-corrected chi connectivity index (χ0v) is 23.0. The van der Waals surface area contributed by atoms with Gasteiger partial charge in [0.15, 0.2) is 29.8 Å². The molecule has 14 nitrogen and oxygen atoms in total. The van der Waals surface area contributed by atoms with Crippen molar-refractivity contribution in [1.82, 2.24) is 15.2 Å². The molecule has 0 spiro atoms. The van der Waals surface area contributed by atoms with Gasteiger partial charge in [0.05, 0.1) is 11.7 Å². The van der Waals surface area contributed by atoms with Gasteiger partial charge in [-0.2, -0.15) is 0 Å². The number of thioether (sulfide) groups is 1. The molecule has 2 aromatic heterocycles. The van der Waals surface area contributed by atoms with Crippen molar-refractivity contribution < 1.29 is 38.8 Å². The maximum absolute atomic E-state index is 13.3. The summed E-state index contributed by atoms with van der Waals surface area (Å²) in [5.74, 6) is -3.96. The van der Waals surface area contributed by atoms with E-state index in [2.05, 4.69) is 15.5 Å². The number of nitrogen functional groups attached to an aromatic ring is 2. The number of oxime groups is 1. The second kappa shape index (κ2) is 11.2. The predicted octanol–water partition coefficient (Wildman–Crippen LogP) is -1.02. The summed E-state index contributed by atoms with van der Waals surface area (Å²) >= 11 is 2.31. The van der Waals surface area contributed by atoms with Crippen LogP contribution in [0, 0.1) is 0 Å². The van der Waals surface area contributed by atoms with Crippen LogP contribution in [0.4, 0.5) is 10.8 Å². The molecule has 41 heavy (non-hydrogen) atoms. The fourth-order valence-electron chi connectivity index (χ4n) is 4.45. The number of nitrogens with one attached hydrogen (secondary N) is 1. The molecular weight excluding hydrogens is 574 g/mol. The zero-order chi connectivity index (χ0) is 29.3. The summed E-state index contributed by atoms with van der Waals surface area (Å²) in [6, 6.07) is 2.39. The topological polar surface area (TPSA) is 217 Å². The van der Waals surface area contributed by atoms with Crippen LogP contribution in [0.2, 0.25) is 0 Å². The molecule has 16 heteroatoms. The number of β-lactam (4-membered cyclic amide) rings is 1. The minimum absolute atomic E-state index is 0.0477. The molecule has 5 rings (SSSR count). The molecule has 2 fully saturated rings. The molecule has 214 valence electrons. The van der Waals surface area contributed by atoms with E-state index in [0.717, 1.165) is 16.2 Å². The number of carboxylic acids is 2. The maximum Gasteiger partial charge on any atom is 0.350 e. The van der Waals surface area contributed by atoms with Gasteiger partial charge in [0.2, 0.25) is 5.60 Å². The average molecular weight is 600 g/mol. The molecule has 4 heterocycles. The van der Waals surface area contributed by atoms with E-state index in [0.29, 0.717) is 24.2 Å². The van der Waals surface area contributed by atoms with Crippen molar-refractivity contribution in [2.75, 3.05) is 17.2 Å². The van der Waals surface area contributed by atoms with Crippen LogP contribution in [0.25, 0.3) is 0 Å². The maximum atomic E-state index is 13.3. The first-order chi connectivity index (χ1) is 19.6. The van der Waals surface area contributed by atoms with Crippen LogP contribution >= 0.6 is 23.1 Å². The molecule has 3 aliphatic rings. The van der Waals surface area contributed by atoms with Gasteiger partial charge in [0.1, 0.15) is 17.1 Å². The van der Waals surface area contributed by atoms with Crippen LogP contribution in [-0.2, 0) is 30.6 Å². The Morgan fingerprint density at radius 1 is 1.32 bits per heavy atom. The number of nitrogens with zero attached hydrogens (tertiary/aromatic N) is 4. The number of amides is 2. The van der Waals surface area contributed by atoms with Gasteiger partial charge in [0, 0.05) is 41.8 Å². The Hall–Kier alpha value is -4.44. The molecule has 1 saturated carbocycles. The van der Waals surface area contributed by atoms with Crippen molar-refractivity contribution in [2.24, 2.45) is 5.16 Å². The van der Waals surface area contributed by atoms with Crippen LogP contribution < -0.4 is 26.5 Å². The van der Waals surface area contributed by atoms with Crippen molar-refractivity contribution >= 4 is 63.4 Å². The summed E-state index contributed by atoms with van der Waals surface area (Å²) in [7, 11) is 0. The largest absolute Gasteiger partial charge is 0.543 e. The fraction of sp³-hybridized carbons (Fsp3) is 0.320. The molecule has 0 radical (unpaired) electrons. The summed E-state index contributed by atoms with van der Waals surface area (Å²) in [6.45, 7) is 0.444. The third-order valence-electron chi connectivity index (χ3n) is 6.87. The Balaban J connectivity index is 1.32. The first kappa shape index (κ1) is 28.1. The SMILES string of the molecule is Nc1cc[n+](CC=CC2=C(C(=O)[O-])N3C(=O)C(NC(=O)/C(=N\OC4(C(=O)O)CCC4)c4csc(N)n4)[C@H]3SC2)cc1. The van der Waals surface area contributed by atoms with Crippen LogP contribution in [0.15, 0.2) is 58.5 Å². The summed E-state index contributed by atoms with van der Waals surface area (Å²) in [4.78, 5) is 60.5. The Labute approximate surface area is 241 Å². The van der Waals surface area contributed by atoms with Crippen molar-refractivity contribution in [3.05, 3.63) is 59.0 Å². The highest BCUT2D eigenvalue weighted by molar-refractivity contribution is 8.00. The van der Waals surface area contributed by atoms with Gasteiger partial charge in [-0.25, -0.2) is 14.3 Å². The number of hydrogen-bond acceptors (Lipinski definition) is 12. The number of pyridine rings is 1. The van der Waals surface area contributed by atoms with E-state index in [9.17, 15) is 29.4 Å². The highest BCUT2D eigenvalue weighted by atomic mass is 32.2. The van der Waals surface area contributed by atoms with Crippen LogP contribution in [0.5, 0.6) is 0 Å². The number of carbonyl (C=O) groups excluding carboxylic acids is 3.